The molecule has 0 bridgehead atoms. The zero-order chi connectivity index (χ0) is 14.6. The third-order valence-electron chi connectivity index (χ3n) is 3.63. The Labute approximate surface area is 122 Å². The number of carbonyl (C=O) groups is 1. The third-order valence-corrected chi connectivity index (χ3v) is 4.75. The van der Waals surface area contributed by atoms with Gasteiger partial charge in [0, 0.05) is 11.8 Å². The summed E-state index contributed by atoms with van der Waals surface area (Å²) in [5.41, 5.74) is 0. The van der Waals surface area contributed by atoms with Crippen molar-refractivity contribution in [2.75, 3.05) is 11.5 Å². The van der Waals surface area contributed by atoms with Crippen LogP contribution in [0.25, 0.3) is 0 Å². The van der Waals surface area contributed by atoms with Crippen molar-refractivity contribution < 1.29 is 4.79 Å². The van der Waals surface area contributed by atoms with Gasteiger partial charge in [0.15, 0.2) is 0 Å². The van der Waals surface area contributed by atoms with Crippen LogP contribution in [-0.2, 0) is 4.79 Å². The van der Waals surface area contributed by atoms with E-state index >= 15 is 0 Å². The predicted octanol–water partition coefficient (Wildman–Crippen LogP) is 2.96. The van der Waals surface area contributed by atoms with Gasteiger partial charge in [-0.15, -0.1) is 0 Å². The molecule has 3 unspecified atom stereocenters. The number of nitrogens with one attached hydrogen (secondary N) is 1. The van der Waals surface area contributed by atoms with Gasteiger partial charge in [-0.2, -0.15) is 11.8 Å². The Morgan fingerprint density at radius 1 is 1.26 bits per heavy atom. The molecule has 0 aromatic heterocycles. The van der Waals surface area contributed by atoms with Gasteiger partial charge in [0.05, 0.1) is 12.2 Å². The molecule has 0 aromatic carbocycles. The second kappa shape index (κ2) is 7.53. The van der Waals surface area contributed by atoms with Gasteiger partial charge in [-0.05, 0) is 30.9 Å². The van der Waals surface area contributed by atoms with Crippen LogP contribution >= 0.6 is 11.8 Å². The van der Waals surface area contributed by atoms with Gasteiger partial charge in [-0.25, -0.2) is 0 Å². The highest BCUT2D eigenvalue weighted by Crippen LogP contribution is 2.25. The van der Waals surface area contributed by atoms with E-state index in [0.29, 0.717) is 23.8 Å². The van der Waals surface area contributed by atoms with Crippen LogP contribution in [0.4, 0.5) is 0 Å². The number of hydrogen-bond donors (Lipinski definition) is 1. The Morgan fingerprint density at radius 2 is 1.89 bits per heavy atom. The van der Waals surface area contributed by atoms with E-state index in [2.05, 4.69) is 51.8 Å². The Morgan fingerprint density at radius 3 is 2.37 bits per heavy atom. The molecular weight excluding hydrogens is 256 g/mol. The van der Waals surface area contributed by atoms with Crippen LogP contribution in [0.3, 0.4) is 0 Å². The van der Waals surface area contributed by atoms with Crippen LogP contribution in [0.2, 0.25) is 0 Å². The average molecular weight is 286 g/mol. The fraction of sp³-hybridized carbons (Fsp3) is 0.933. The first-order chi connectivity index (χ1) is 8.88. The van der Waals surface area contributed by atoms with E-state index in [1.807, 2.05) is 11.8 Å². The molecule has 1 heterocycles. The Bertz CT molecular complexity index is 294. The summed E-state index contributed by atoms with van der Waals surface area (Å²) in [7, 11) is 0. The van der Waals surface area contributed by atoms with Crippen LogP contribution < -0.4 is 5.32 Å². The lowest BCUT2D eigenvalue weighted by molar-refractivity contribution is -0.132. The van der Waals surface area contributed by atoms with Crippen molar-refractivity contribution in [3.8, 4) is 0 Å². The van der Waals surface area contributed by atoms with Crippen LogP contribution in [0.15, 0.2) is 0 Å². The van der Waals surface area contributed by atoms with E-state index in [0.717, 1.165) is 17.9 Å². The fourth-order valence-corrected chi connectivity index (χ4v) is 3.41. The topological polar surface area (TPSA) is 32.3 Å². The number of nitrogens with zero attached hydrogens (tertiary/aromatic N) is 1. The molecule has 1 amide bonds. The number of amides is 1. The van der Waals surface area contributed by atoms with E-state index in [4.69, 9.17) is 0 Å². The maximum Gasteiger partial charge on any atom is 0.241 e. The first-order valence-corrected chi connectivity index (χ1v) is 8.69. The zero-order valence-corrected chi connectivity index (χ0v) is 14.1. The van der Waals surface area contributed by atoms with E-state index in [1.165, 1.54) is 0 Å². The van der Waals surface area contributed by atoms with Crippen molar-refractivity contribution in [1.29, 1.82) is 0 Å². The third kappa shape index (κ3) is 4.38. The highest BCUT2D eigenvalue weighted by Gasteiger charge is 2.42. The minimum absolute atomic E-state index is 0.00201. The summed E-state index contributed by atoms with van der Waals surface area (Å²) in [6.07, 6.45) is 1.25. The van der Waals surface area contributed by atoms with Crippen molar-refractivity contribution >= 4 is 17.7 Å². The highest BCUT2D eigenvalue weighted by molar-refractivity contribution is 7.99. The summed E-state index contributed by atoms with van der Waals surface area (Å²) >= 11 is 1.91. The Kier molecular flexibility index (Phi) is 6.67. The number of thioether (sulfide) groups is 1. The van der Waals surface area contributed by atoms with Crippen LogP contribution in [0.5, 0.6) is 0 Å². The summed E-state index contributed by atoms with van der Waals surface area (Å²) in [5, 5.41) is 3.55. The van der Waals surface area contributed by atoms with E-state index in [-0.39, 0.29) is 12.2 Å². The number of rotatable bonds is 7. The largest absolute Gasteiger partial charge is 0.322 e. The summed E-state index contributed by atoms with van der Waals surface area (Å²) in [4.78, 5) is 14.7. The first kappa shape index (κ1) is 16.8. The molecule has 19 heavy (non-hydrogen) atoms. The second-order valence-corrected chi connectivity index (χ2v) is 7.61. The van der Waals surface area contributed by atoms with Crippen molar-refractivity contribution in [3.63, 3.8) is 0 Å². The molecule has 3 atom stereocenters. The minimum atomic E-state index is -0.00201. The van der Waals surface area contributed by atoms with Crippen molar-refractivity contribution in [2.45, 2.75) is 66.2 Å². The quantitative estimate of drug-likeness (QED) is 0.781. The molecule has 0 aliphatic carbocycles. The molecule has 1 aliphatic rings. The molecule has 1 rings (SSSR count). The van der Waals surface area contributed by atoms with Crippen molar-refractivity contribution in [1.82, 2.24) is 10.2 Å². The van der Waals surface area contributed by atoms with Gasteiger partial charge >= 0.3 is 0 Å². The Hall–Kier alpha value is -0.220. The predicted molar refractivity (Wildman–Crippen MR) is 84.3 cm³/mol. The molecule has 1 aliphatic heterocycles. The SMILES string of the molecule is CCSCC(C)N1C(=O)C(C(C)C)NC1CC(C)C. The van der Waals surface area contributed by atoms with Gasteiger partial charge in [0.25, 0.3) is 0 Å². The van der Waals surface area contributed by atoms with Crippen LogP contribution in [-0.4, -0.2) is 40.6 Å². The van der Waals surface area contributed by atoms with Crippen molar-refractivity contribution in [3.05, 3.63) is 0 Å². The van der Waals surface area contributed by atoms with Gasteiger partial charge in [-0.1, -0.05) is 34.6 Å². The van der Waals surface area contributed by atoms with E-state index in [1.54, 1.807) is 0 Å². The van der Waals surface area contributed by atoms with Gasteiger partial charge in [-0.3, -0.25) is 10.1 Å². The number of carbonyl (C=O) groups excluding carboxylic acids is 1. The molecule has 1 saturated heterocycles. The summed E-state index contributed by atoms with van der Waals surface area (Å²) < 4.78 is 0. The van der Waals surface area contributed by atoms with Crippen LogP contribution in [0, 0.1) is 11.8 Å². The maximum atomic E-state index is 12.6. The molecule has 0 spiro atoms. The lowest BCUT2D eigenvalue weighted by atomic mass is 10.0. The fourth-order valence-electron chi connectivity index (χ4n) is 2.67. The molecule has 0 radical (unpaired) electrons. The molecule has 4 heteroatoms. The normalized spacial score (nSPS) is 25.7. The second-order valence-electron chi connectivity index (χ2n) is 6.29. The monoisotopic (exact) mass is 286 g/mol. The summed E-state index contributed by atoms with van der Waals surface area (Å²) in [6.45, 7) is 13.0. The zero-order valence-electron chi connectivity index (χ0n) is 13.3. The summed E-state index contributed by atoms with van der Waals surface area (Å²) in [6, 6.07) is 0.315. The average Bonchev–Trinajstić information content (AvgIpc) is 2.62. The smallest absolute Gasteiger partial charge is 0.241 e. The molecule has 112 valence electrons. The molecular formula is C15H30N2OS. The van der Waals surface area contributed by atoms with Gasteiger partial charge in [0.2, 0.25) is 5.91 Å². The highest BCUT2D eigenvalue weighted by atomic mass is 32.2. The standard InChI is InChI=1S/C15H30N2OS/c1-7-19-9-12(6)17-13(8-10(2)3)16-14(11(4)5)15(17)18/h10-14,16H,7-9H2,1-6H3. The first-order valence-electron chi connectivity index (χ1n) is 7.54. The molecule has 1 N–H and O–H groups in total. The van der Waals surface area contributed by atoms with E-state index < -0.39 is 0 Å². The molecule has 0 aromatic rings. The summed E-state index contributed by atoms with van der Waals surface area (Å²) in [5.74, 6) is 3.40. The molecule has 1 fully saturated rings. The lowest BCUT2D eigenvalue weighted by Gasteiger charge is -2.31. The van der Waals surface area contributed by atoms with Gasteiger partial charge < -0.3 is 4.90 Å². The maximum absolute atomic E-state index is 12.6. The number of hydrogen-bond acceptors (Lipinski definition) is 3. The molecule has 0 saturated carbocycles. The van der Waals surface area contributed by atoms with Crippen LogP contribution in [0.1, 0.15) is 48.0 Å². The van der Waals surface area contributed by atoms with Gasteiger partial charge in [0.1, 0.15) is 0 Å². The van der Waals surface area contributed by atoms with Crippen molar-refractivity contribution in [2.24, 2.45) is 11.8 Å². The minimum Gasteiger partial charge on any atom is -0.322 e. The van der Waals surface area contributed by atoms with E-state index in [9.17, 15) is 4.79 Å². The molecule has 3 nitrogen and oxygen atoms in total. The lowest BCUT2D eigenvalue weighted by Crippen LogP contribution is -2.45. The Balaban J connectivity index is 2.78.